The number of carbonyl (C=O) groups excluding carboxylic acids is 1. The normalized spacial score (nSPS) is 10.8. The van der Waals surface area contributed by atoms with Gasteiger partial charge in [0.1, 0.15) is 41.8 Å². The van der Waals surface area contributed by atoms with E-state index >= 15 is 0 Å². The second kappa shape index (κ2) is 19.8. The molecule has 11 nitrogen and oxygen atoms in total. The lowest BCUT2D eigenvalue weighted by atomic mass is 10.1. The number of carbonyl (C=O) groups is 1. The highest BCUT2D eigenvalue weighted by Crippen LogP contribution is 2.38. The summed E-state index contributed by atoms with van der Waals surface area (Å²) in [6, 6.07) is 29.8. The zero-order valence-corrected chi connectivity index (χ0v) is 30.9. The number of ether oxygens (including phenoxy) is 6. The van der Waals surface area contributed by atoms with Crippen LogP contribution in [-0.2, 0) is 40.3 Å². The van der Waals surface area contributed by atoms with E-state index in [9.17, 15) is 4.79 Å². The van der Waals surface area contributed by atoms with E-state index in [0.717, 1.165) is 40.1 Å². The van der Waals surface area contributed by atoms with E-state index in [1.807, 2.05) is 54.6 Å². The molecule has 0 atom stereocenters. The van der Waals surface area contributed by atoms with Gasteiger partial charge in [0.25, 0.3) is 0 Å². The lowest BCUT2D eigenvalue weighted by Gasteiger charge is -2.27. The van der Waals surface area contributed by atoms with Crippen molar-refractivity contribution in [3.63, 3.8) is 0 Å². The molecule has 0 unspecified atom stereocenters. The lowest BCUT2D eigenvalue weighted by molar-refractivity contribution is -0.145. The van der Waals surface area contributed by atoms with E-state index in [0.29, 0.717) is 74.8 Å². The summed E-state index contributed by atoms with van der Waals surface area (Å²) in [4.78, 5) is 23.2. The number of esters is 1. The van der Waals surface area contributed by atoms with Crippen LogP contribution < -0.4 is 29.6 Å². The molecule has 0 saturated carbocycles. The Balaban J connectivity index is 1.37. The van der Waals surface area contributed by atoms with Gasteiger partial charge in [-0.05, 0) is 67.8 Å². The highest BCUT2D eigenvalue weighted by atomic mass is 16.6. The Morgan fingerprint density at radius 3 is 2.28 bits per heavy atom. The summed E-state index contributed by atoms with van der Waals surface area (Å²) in [5.41, 5.74) is 12.9. The van der Waals surface area contributed by atoms with Crippen molar-refractivity contribution >= 4 is 17.5 Å². The van der Waals surface area contributed by atoms with Crippen LogP contribution in [0, 0.1) is 6.92 Å². The lowest BCUT2D eigenvalue weighted by Crippen LogP contribution is -2.20. The molecule has 0 saturated heterocycles. The second-order valence-electron chi connectivity index (χ2n) is 12.3. The van der Waals surface area contributed by atoms with Crippen molar-refractivity contribution in [2.24, 2.45) is 5.73 Å². The first kappa shape index (κ1) is 38.6. The van der Waals surface area contributed by atoms with Crippen LogP contribution in [0.4, 0.5) is 11.5 Å². The Morgan fingerprint density at radius 2 is 1.55 bits per heavy atom. The minimum atomic E-state index is -0.413. The maximum Gasteiger partial charge on any atom is 0.344 e. The first-order chi connectivity index (χ1) is 25.9. The average molecular weight is 721 g/mol. The molecule has 0 spiro atoms. The molecule has 1 aromatic heterocycles. The smallest absolute Gasteiger partial charge is 0.344 e. The van der Waals surface area contributed by atoms with Crippen molar-refractivity contribution in [3.05, 3.63) is 131 Å². The molecule has 4 aromatic carbocycles. The van der Waals surface area contributed by atoms with Gasteiger partial charge in [0.05, 0.1) is 51.8 Å². The quantitative estimate of drug-likeness (QED) is 0.0676. The Kier molecular flexibility index (Phi) is 14.4. The molecular weight excluding hydrogens is 672 g/mol. The molecule has 0 bridgehead atoms. The Labute approximate surface area is 311 Å². The van der Waals surface area contributed by atoms with E-state index in [1.54, 1.807) is 27.5 Å². The number of aryl methyl sites for hydroxylation is 1. The van der Waals surface area contributed by atoms with E-state index in [1.165, 1.54) is 5.56 Å². The number of nitrogens with two attached hydrogens (primary N) is 1. The third-order valence-electron chi connectivity index (χ3n) is 8.37. The Hall–Kier alpha value is -5.65. The van der Waals surface area contributed by atoms with Gasteiger partial charge in [0.15, 0.2) is 6.61 Å². The van der Waals surface area contributed by atoms with Crippen LogP contribution in [0.25, 0.3) is 0 Å². The van der Waals surface area contributed by atoms with Crippen LogP contribution in [-0.4, -0.2) is 63.1 Å². The fourth-order valence-electron chi connectivity index (χ4n) is 5.73. The summed E-state index contributed by atoms with van der Waals surface area (Å²) < 4.78 is 34.4. The average Bonchev–Trinajstić information content (AvgIpc) is 3.17. The van der Waals surface area contributed by atoms with E-state index in [2.05, 4.69) is 53.2 Å². The molecule has 1 heterocycles. The molecule has 0 radical (unpaired) electrons. The SMILES string of the molecule is CCOC(=O)COc1cccc(Cc2cc(N(Cc3c(OC)cc(OCCOCc4ccc(C)cc4)cc3OC)c3cccc(CCN)c3)ncn2)c1. The molecule has 11 heteroatoms. The number of methoxy groups -OCH3 is 2. The molecule has 0 aliphatic carbocycles. The van der Waals surface area contributed by atoms with Gasteiger partial charge in [-0.3, -0.25) is 0 Å². The number of anilines is 2. The zero-order valence-electron chi connectivity index (χ0n) is 30.9. The molecule has 2 N–H and O–H groups in total. The van der Waals surface area contributed by atoms with Crippen molar-refractivity contribution in [2.75, 3.05) is 52.1 Å². The fraction of sp³-hybridized carbons (Fsp3) is 0.310. The van der Waals surface area contributed by atoms with Gasteiger partial charge in [0, 0.05) is 30.3 Å². The number of nitrogens with zero attached hydrogens (tertiary/aromatic N) is 3. The number of benzene rings is 4. The molecule has 53 heavy (non-hydrogen) atoms. The van der Waals surface area contributed by atoms with Gasteiger partial charge in [-0.1, -0.05) is 54.1 Å². The van der Waals surface area contributed by atoms with E-state index < -0.39 is 5.97 Å². The predicted molar refractivity (Wildman–Crippen MR) is 204 cm³/mol. The Morgan fingerprint density at radius 1 is 0.792 bits per heavy atom. The second-order valence-corrected chi connectivity index (χ2v) is 12.3. The highest BCUT2D eigenvalue weighted by Gasteiger charge is 2.21. The fourth-order valence-corrected chi connectivity index (χ4v) is 5.73. The number of rotatable bonds is 20. The first-order valence-corrected chi connectivity index (χ1v) is 17.6. The van der Waals surface area contributed by atoms with Gasteiger partial charge in [-0.15, -0.1) is 0 Å². The maximum atomic E-state index is 11.8. The summed E-state index contributed by atoms with van der Waals surface area (Å²) in [6.07, 6.45) is 2.81. The first-order valence-electron chi connectivity index (χ1n) is 17.6. The molecule has 0 amide bonds. The van der Waals surface area contributed by atoms with Gasteiger partial charge in [0.2, 0.25) is 0 Å². The van der Waals surface area contributed by atoms with Crippen molar-refractivity contribution in [2.45, 2.75) is 39.8 Å². The van der Waals surface area contributed by atoms with Crippen LogP contribution in [0.3, 0.4) is 0 Å². The number of aromatic nitrogens is 2. The van der Waals surface area contributed by atoms with Crippen LogP contribution in [0.15, 0.2) is 97.3 Å². The number of hydrogen-bond acceptors (Lipinski definition) is 11. The minimum Gasteiger partial charge on any atom is -0.496 e. The largest absolute Gasteiger partial charge is 0.496 e. The van der Waals surface area contributed by atoms with Crippen molar-refractivity contribution in [3.8, 4) is 23.0 Å². The highest BCUT2D eigenvalue weighted by molar-refractivity contribution is 5.71. The summed E-state index contributed by atoms with van der Waals surface area (Å²) in [7, 11) is 3.26. The van der Waals surface area contributed by atoms with Gasteiger partial charge in [-0.2, -0.15) is 0 Å². The topological polar surface area (TPSA) is 127 Å². The number of hydrogen-bond donors (Lipinski definition) is 1. The van der Waals surface area contributed by atoms with Crippen LogP contribution in [0.2, 0.25) is 0 Å². The van der Waals surface area contributed by atoms with Gasteiger partial charge < -0.3 is 39.1 Å². The molecule has 0 aliphatic rings. The molecule has 5 aromatic rings. The van der Waals surface area contributed by atoms with E-state index in [-0.39, 0.29) is 6.61 Å². The van der Waals surface area contributed by atoms with Gasteiger partial charge in [-0.25, -0.2) is 14.8 Å². The standard InChI is InChI=1S/C42H48N4O7/c1-5-51-42(47)28-53-36-11-7-9-33(22-36)20-34-23-41(45-29-44-34)46(35-10-6-8-31(21-35)16-17-43)26-38-39(48-3)24-37(25-40(38)49-4)52-19-18-50-27-32-14-12-30(2)13-15-32/h6-15,21-25,29H,5,16-20,26-28,43H2,1-4H3. The third-order valence-corrected chi connectivity index (χ3v) is 8.37. The zero-order chi connectivity index (χ0) is 37.4. The monoisotopic (exact) mass is 720 g/mol. The van der Waals surface area contributed by atoms with Crippen molar-refractivity contribution in [1.82, 2.24) is 9.97 Å². The summed E-state index contributed by atoms with van der Waals surface area (Å²) in [5.74, 6) is 2.67. The third kappa shape index (κ3) is 11.4. The minimum absolute atomic E-state index is 0.157. The van der Waals surface area contributed by atoms with Crippen molar-refractivity contribution < 1.29 is 33.2 Å². The molecule has 0 aliphatic heterocycles. The molecule has 5 rings (SSSR count). The predicted octanol–water partition coefficient (Wildman–Crippen LogP) is 6.77. The Bertz CT molecular complexity index is 1890. The summed E-state index contributed by atoms with van der Waals surface area (Å²) in [6.45, 7) is 6.17. The van der Waals surface area contributed by atoms with E-state index in [4.69, 9.17) is 39.1 Å². The molecular formula is C42H48N4O7. The van der Waals surface area contributed by atoms with Crippen molar-refractivity contribution in [1.29, 1.82) is 0 Å². The van der Waals surface area contributed by atoms with Crippen LogP contribution >= 0.6 is 0 Å². The maximum absolute atomic E-state index is 11.8. The summed E-state index contributed by atoms with van der Waals surface area (Å²) >= 11 is 0. The van der Waals surface area contributed by atoms with Gasteiger partial charge >= 0.3 is 5.97 Å². The summed E-state index contributed by atoms with van der Waals surface area (Å²) in [5, 5.41) is 0. The molecule has 278 valence electrons. The van der Waals surface area contributed by atoms with Crippen LogP contribution in [0.1, 0.15) is 40.4 Å². The molecule has 0 fully saturated rings. The van der Waals surface area contributed by atoms with Crippen LogP contribution in [0.5, 0.6) is 23.0 Å².